The largest absolute Gasteiger partial charge is 0.480 e. The smallest absolute Gasteiger partial charge is 0.326 e. The van der Waals surface area contributed by atoms with Crippen molar-refractivity contribution in [1.82, 2.24) is 14.7 Å². The molecule has 0 aliphatic carbocycles. The fourth-order valence-corrected chi connectivity index (χ4v) is 2.39. The van der Waals surface area contributed by atoms with Crippen LogP contribution in [0.5, 0.6) is 0 Å². The summed E-state index contributed by atoms with van der Waals surface area (Å²) in [5.74, 6) is -1.02. The first-order valence-electron chi connectivity index (χ1n) is 6.06. The summed E-state index contributed by atoms with van der Waals surface area (Å²) in [7, 11) is 1.82. The van der Waals surface area contributed by atoms with Crippen molar-refractivity contribution in [3.8, 4) is 0 Å². The number of carboxylic acid groups (broad SMARTS) is 1. The first kappa shape index (κ1) is 12.6. The van der Waals surface area contributed by atoms with E-state index in [2.05, 4.69) is 5.10 Å². The van der Waals surface area contributed by atoms with Crippen molar-refractivity contribution in [3.05, 3.63) is 17.5 Å². The predicted octanol–water partition coefficient (Wildman–Crippen LogP) is 0.558. The molecule has 0 radical (unpaired) electrons. The summed E-state index contributed by atoms with van der Waals surface area (Å²) in [6.07, 6.45) is 3.34. The van der Waals surface area contributed by atoms with Crippen LogP contribution in [-0.4, -0.2) is 37.7 Å². The molecule has 1 fully saturated rings. The average molecular weight is 251 g/mol. The van der Waals surface area contributed by atoms with Crippen molar-refractivity contribution < 1.29 is 14.7 Å². The maximum atomic E-state index is 11.7. The molecule has 98 valence electrons. The summed E-state index contributed by atoms with van der Waals surface area (Å²) in [5, 5.41) is 13.4. The Kier molecular flexibility index (Phi) is 3.36. The fourth-order valence-electron chi connectivity index (χ4n) is 2.39. The van der Waals surface area contributed by atoms with Gasteiger partial charge in [-0.1, -0.05) is 6.92 Å². The van der Waals surface area contributed by atoms with E-state index >= 15 is 0 Å². The van der Waals surface area contributed by atoms with Gasteiger partial charge in [0.1, 0.15) is 6.04 Å². The van der Waals surface area contributed by atoms with Crippen LogP contribution in [-0.2, 0) is 29.6 Å². The predicted molar refractivity (Wildman–Crippen MR) is 63.8 cm³/mol. The minimum absolute atomic E-state index is 0.0895. The Balaban J connectivity index is 2.21. The van der Waals surface area contributed by atoms with Crippen LogP contribution in [0.1, 0.15) is 31.0 Å². The van der Waals surface area contributed by atoms with Crippen molar-refractivity contribution >= 4 is 11.9 Å². The number of nitrogens with zero attached hydrogens (tertiary/aromatic N) is 3. The van der Waals surface area contributed by atoms with Gasteiger partial charge in [0.15, 0.2) is 0 Å². The number of rotatable bonds is 4. The van der Waals surface area contributed by atoms with E-state index in [0.717, 1.165) is 17.7 Å². The van der Waals surface area contributed by atoms with Gasteiger partial charge in [0.25, 0.3) is 0 Å². The number of hydrogen-bond acceptors (Lipinski definition) is 3. The zero-order valence-corrected chi connectivity index (χ0v) is 10.6. The highest BCUT2D eigenvalue weighted by Crippen LogP contribution is 2.22. The molecule has 1 atom stereocenters. The van der Waals surface area contributed by atoms with Crippen molar-refractivity contribution in [3.63, 3.8) is 0 Å². The van der Waals surface area contributed by atoms with Crippen molar-refractivity contribution in [1.29, 1.82) is 0 Å². The molecule has 6 nitrogen and oxygen atoms in total. The molecule has 1 aliphatic rings. The molecule has 1 aromatic heterocycles. The van der Waals surface area contributed by atoms with Crippen LogP contribution in [0.3, 0.4) is 0 Å². The van der Waals surface area contributed by atoms with Gasteiger partial charge >= 0.3 is 5.97 Å². The van der Waals surface area contributed by atoms with Gasteiger partial charge in [0, 0.05) is 31.8 Å². The third-order valence-electron chi connectivity index (χ3n) is 3.28. The minimum Gasteiger partial charge on any atom is -0.480 e. The number of aliphatic carboxylic acids is 1. The standard InChI is InChI=1S/C12H17N3O3/c1-3-9-8(6-14(2)13-9)7-15-10(12(17)18)4-5-11(15)16/h6,10H,3-5,7H2,1-2H3,(H,17,18). The van der Waals surface area contributed by atoms with E-state index < -0.39 is 12.0 Å². The maximum absolute atomic E-state index is 11.7. The van der Waals surface area contributed by atoms with E-state index in [1.807, 2.05) is 20.2 Å². The Morgan fingerprint density at radius 2 is 2.33 bits per heavy atom. The Labute approximate surface area is 105 Å². The van der Waals surface area contributed by atoms with Crippen LogP contribution < -0.4 is 0 Å². The normalized spacial score (nSPS) is 19.6. The molecular weight excluding hydrogens is 234 g/mol. The molecule has 0 saturated carbocycles. The van der Waals surface area contributed by atoms with Crippen molar-refractivity contribution in [2.75, 3.05) is 0 Å². The second kappa shape index (κ2) is 4.80. The number of aromatic nitrogens is 2. The van der Waals surface area contributed by atoms with Gasteiger partial charge in [0.05, 0.1) is 5.69 Å². The molecular formula is C12H17N3O3. The SMILES string of the molecule is CCc1nn(C)cc1CN1C(=O)CCC1C(=O)O. The number of hydrogen-bond donors (Lipinski definition) is 1. The first-order chi connectivity index (χ1) is 8.52. The second-order valence-electron chi connectivity index (χ2n) is 4.54. The Morgan fingerprint density at radius 1 is 1.61 bits per heavy atom. The van der Waals surface area contributed by atoms with Gasteiger partial charge in [-0.2, -0.15) is 5.10 Å². The van der Waals surface area contributed by atoms with E-state index in [4.69, 9.17) is 5.11 Å². The zero-order chi connectivity index (χ0) is 13.3. The highest BCUT2D eigenvalue weighted by molar-refractivity contribution is 5.87. The zero-order valence-electron chi connectivity index (χ0n) is 10.6. The quantitative estimate of drug-likeness (QED) is 0.848. The van der Waals surface area contributed by atoms with Crippen LogP contribution in [0.25, 0.3) is 0 Å². The molecule has 1 unspecified atom stereocenters. The number of amides is 1. The topological polar surface area (TPSA) is 75.4 Å². The Bertz CT molecular complexity index is 481. The molecule has 0 spiro atoms. The van der Waals surface area contributed by atoms with Gasteiger partial charge in [-0.15, -0.1) is 0 Å². The number of carbonyl (C=O) groups is 2. The number of likely N-dealkylation sites (tertiary alicyclic amines) is 1. The summed E-state index contributed by atoms with van der Waals surface area (Å²) >= 11 is 0. The molecule has 1 aliphatic heterocycles. The van der Waals surface area contributed by atoms with Crippen LogP contribution in [0.4, 0.5) is 0 Å². The molecule has 1 amide bonds. The molecule has 1 saturated heterocycles. The monoisotopic (exact) mass is 251 g/mol. The lowest BCUT2D eigenvalue weighted by Crippen LogP contribution is -2.38. The van der Waals surface area contributed by atoms with Crippen LogP contribution >= 0.6 is 0 Å². The number of carboxylic acids is 1. The van der Waals surface area contributed by atoms with Crippen LogP contribution in [0.2, 0.25) is 0 Å². The summed E-state index contributed by atoms with van der Waals surface area (Å²) < 4.78 is 1.70. The van der Waals surface area contributed by atoms with Crippen molar-refractivity contribution in [2.45, 2.75) is 38.8 Å². The first-order valence-corrected chi connectivity index (χ1v) is 6.06. The lowest BCUT2D eigenvalue weighted by molar-refractivity contribution is -0.146. The third kappa shape index (κ3) is 2.23. The molecule has 2 heterocycles. The Hall–Kier alpha value is -1.85. The lowest BCUT2D eigenvalue weighted by Gasteiger charge is -2.21. The molecule has 2 rings (SSSR count). The molecule has 1 aromatic rings. The minimum atomic E-state index is -0.928. The maximum Gasteiger partial charge on any atom is 0.326 e. The van der Waals surface area contributed by atoms with Gasteiger partial charge < -0.3 is 10.0 Å². The van der Waals surface area contributed by atoms with E-state index in [9.17, 15) is 9.59 Å². The van der Waals surface area contributed by atoms with Crippen molar-refractivity contribution in [2.24, 2.45) is 7.05 Å². The lowest BCUT2D eigenvalue weighted by atomic mass is 10.2. The molecule has 6 heteroatoms. The van der Waals surface area contributed by atoms with Gasteiger partial charge in [-0.05, 0) is 12.8 Å². The van der Waals surface area contributed by atoms with Gasteiger partial charge in [-0.3, -0.25) is 9.48 Å². The summed E-state index contributed by atoms with van der Waals surface area (Å²) in [4.78, 5) is 24.3. The summed E-state index contributed by atoms with van der Waals surface area (Å²) in [6, 6.07) is -0.692. The molecule has 0 aromatic carbocycles. The third-order valence-corrected chi connectivity index (χ3v) is 3.28. The molecule has 18 heavy (non-hydrogen) atoms. The van der Waals surface area contributed by atoms with Gasteiger partial charge in [-0.25, -0.2) is 4.79 Å². The van der Waals surface area contributed by atoms with E-state index in [-0.39, 0.29) is 5.91 Å². The number of carbonyl (C=O) groups excluding carboxylic acids is 1. The summed E-state index contributed by atoms with van der Waals surface area (Å²) in [5.41, 5.74) is 1.85. The molecule has 0 bridgehead atoms. The highest BCUT2D eigenvalue weighted by Gasteiger charge is 2.36. The van der Waals surface area contributed by atoms with Crippen LogP contribution in [0.15, 0.2) is 6.20 Å². The van der Waals surface area contributed by atoms with Crippen LogP contribution in [0, 0.1) is 0 Å². The van der Waals surface area contributed by atoms with E-state index in [1.54, 1.807) is 4.68 Å². The highest BCUT2D eigenvalue weighted by atomic mass is 16.4. The van der Waals surface area contributed by atoms with E-state index in [0.29, 0.717) is 19.4 Å². The second-order valence-corrected chi connectivity index (χ2v) is 4.54. The van der Waals surface area contributed by atoms with Gasteiger partial charge in [0.2, 0.25) is 5.91 Å². The number of aryl methyl sites for hydroxylation is 2. The summed E-state index contributed by atoms with van der Waals surface area (Å²) in [6.45, 7) is 2.33. The fraction of sp³-hybridized carbons (Fsp3) is 0.583. The average Bonchev–Trinajstić information content (AvgIpc) is 2.84. The molecule has 1 N–H and O–H groups in total. The Morgan fingerprint density at radius 3 is 2.94 bits per heavy atom. The van der Waals surface area contributed by atoms with E-state index in [1.165, 1.54) is 4.90 Å².